The number of fused-ring (bicyclic) bond motifs is 1. The maximum absolute atomic E-state index is 14.4. The van der Waals surface area contributed by atoms with E-state index >= 15 is 0 Å². The Morgan fingerprint density at radius 1 is 1.05 bits per heavy atom. The van der Waals surface area contributed by atoms with Gasteiger partial charge < -0.3 is 19.7 Å². The first-order chi connectivity index (χ1) is 17.6. The Kier molecular flexibility index (Phi) is 7.32. The average molecular weight is 519 g/mol. The minimum Gasteiger partial charge on any atom is -0.468 e. The van der Waals surface area contributed by atoms with E-state index in [9.17, 15) is 27.6 Å². The smallest absolute Gasteiger partial charge is 0.430 e. The second kappa shape index (κ2) is 10.2. The monoisotopic (exact) mass is 518 g/mol. The standard InChI is InChI=1S/C27H29F3N2O5/c1-36-24(35)25(16-18-10-5-3-6-11-18)17-21-20(14-9-15-32(21)23(25)34)31-22(33)26(37-2,27(28,29)30)19-12-7-4-8-13-19/h3-8,10-13,20-21H,9,14-17H2,1-2H3,(H,31,33)/t20-,21+,25+,26+/m0/s1. The second-order valence-corrected chi connectivity index (χ2v) is 9.48. The highest BCUT2D eigenvalue weighted by Crippen LogP contribution is 2.45. The number of carbonyl (C=O) groups excluding carboxylic acids is 3. The van der Waals surface area contributed by atoms with E-state index in [1.165, 1.54) is 36.3 Å². The molecule has 7 nitrogen and oxygen atoms in total. The van der Waals surface area contributed by atoms with E-state index in [-0.39, 0.29) is 18.4 Å². The summed E-state index contributed by atoms with van der Waals surface area (Å²) in [6, 6.07) is 14.2. The van der Waals surface area contributed by atoms with Crippen LogP contribution in [0.5, 0.6) is 0 Å². The van der Waals surface area contributed by atoms with Crippen molar-refractivity contribution in [1.29, 1.82) is 0 Å². The molecule has 1 N–H and O–H groups in total. The van der Waals surface area contributed by atoms with Crippen molar-refractivity contribution in [2.75, 3.05) is 20.8 Å². The molecule has 2 aliphatic rings. The van der Waals surface area contributed by atoms with Crippen molar-refractivity contribution in [3.05, 3.63) is 71.8 Å². The molecule has 0 aliphatic carbocycles. The summed E-state index contributed by atoms with van der Waals surface area (Å²) in [5, 5.41) is 2.54. The molecule has 0 saturated carbocycles. The predicted octanol–water partition coefficient (Wildman–Crippen LogP) is 3.37. The summed E-state index contributed by atoms with van der Waals surface area (Å²) in [4.78, 5) is 41.5. The summed E-state index contributed by atoms with van der Waals surface area (Å²) in [6.45, 7) is 0.330. The fourth-order valence-electron chi connectivity index (χ4n) is 5.67. The molecule has 2 heterocycles. The molecule has 37 heavy (non-hydrogen) atoms. The van der Waals surface area contributed by atoms with Crippen LogP contribution in [0.25, 0.3) is 0 Å². The lowest BCUT2D eigenvalue weighted by Gasteiger charge is -2.40. The van der Waals surface area contributed by atoms with E-state index < -0.39 is 47.1 Å². The summed E-state index contributed by atoms with van der Waals surface area (Å²) >= 11 is 0. The van der Waals surface area contributed by atoms with E-state index in [0.717, 1.165) is 12.7 Å². The van der Waals surface area contributed by atoms with Gasteiger partial charge in [-0.2, -0.15) is 13.2 Å². The molecular weight excluding hydrogens is 489 g/mol. The van der Waals surface area contributed by atoms with E-state index in [1.807, 2.05) is 6.07 Å². The van der Waals surface area contributed by atoms with Crippen molar-refractivity contribution in [2.45, 2.75) is 49.5 Å². The first kappa shape index (κ1) is 26.7. The molecule has 10 heteroatoms. The van der Waals surface area contributed by atoms with Crippen molar-refractivity contribution >= 4 is 17.8 Å². The normalized spacial score (nSPS) is 25.2. The van der Waals surface area contributed by atoms with Crippen LogP contribution in [0, 0.1) is 5.41 Å². The number of nitrogens with zero attached hydrogens (tertiary/aromatic N) is 1. The fourth-order valence-corrected chi connectivity index (χ4v) is 5.67. The Hall–Kier alpha value is -3.40. The number of carbonyl (C=O) groups is 3. The molecule has 4 rings (SSSR count). The zero-order valence-corrected chi connectivity index (χ0v) is 20.6. The summed E-state index contributed by atoms with van der Waals surface area (Å²) in [5.74, 6) is -2.51. The summed E-state index contributed by atoms with van der Waals surface area (Å²) in [7, 11) is 2.05. The molecule has 2 fully saturated rings. The minimum absolute atomic E-state index is 0.00961. The third kappa shape index (κ3) is 4.47. The number of hydrogen-bond donors (Lipinski definition) is 1. The lowest BCUT2D eigenvalue weighted by atomic mass is 9.77. The van der Waals surface area contributed by atoms with Crippen LogP contribution in [0.2, 0.25) is 0 Å². The molecule has 0 aromatic heterocycles. The van der Waals surface area contributed by atoms with Crippen molar-refractivity contribution in [1.82, 2.24) is 10.2 Å². The van der Waals surface area contributed by atoms with Crippen molar-refractivity contribution in [2.24, 2.45) is 5.41 Å². The number of esters is 1. The number of amides is 2. The third-order valence-corrected chi connectivity index (χ3v) is 7.45. The van der Waals surface area contributed by atoms with Crippen molar-refractivity contribution < 1.29 is 37.0 Å². The number of piperidine rings is 1. The van der Waals surface area contributed by atoms with Gasteiger partial charge in [-0.1, -0.05) is 60.7 Å². The van der Waals surface area contributed by atoms with E-state index in [1.54, 1.807) is 30.3 Å². The number of benzene rings is 2. The lowest BCUT2D eigenvalue weighted by molar-refractivity contribution is -0.266. The predicted molar refractivity (Wildman–Crippen MR) is 127 cm³/mol. The van der Waals surface area contributed by atoms with Gasteiger partial charge in [0, 0.05) is 25.3 Å². The van der Waals surface area contributed by atoms with E-state index in [0.29, 0.717) is 19.4 Å². The summed E-state index contributed by atoms with van der Waals surface area (Å²) in [6.07, 6.45) is -4.17. The van der Waals surface area contributed by atoms with Crippen LogP contribution in [0.15, 0.2) is 60.7 Å². The molecule has 2 saturated heterocycles. The van der Waals surface area contributed by atoms with Gasteiger partial charge in [-0.05, 0) is 31.2 Å². The van der Waals surface area contributed by atoms with Gasteiger partial charge in [-0.25, -0.2) is 0 Å². The highest BCUT2D eigenvalue weighted by Gasteiger charge is 2.64. The first-order valence-corrected chi connectivity index (χ1v) is 12.0. The Morgan fingerprint density at radius 2 is 1.68 bits per heavy atom. The molecule has 0 unspecified atom stereocenters. The average Bonchev–Trinajstić information content (AvgIpc) is 3.18. The van der Waals surface area contributed by atoms with Crippen LogP contribution < -0.4 is 5.32 Å². The van der Waals surface area contributed by atoms with Gasteiger partial charge in [0.2, 0.25) is 5.91 Å². The number of rotatable bonds is 7. The van der Waals surface area contributed by atoms with Gasteiger partial charge >= 0.3 is 12.1 Å². The Morgan fingerprint density at radius 3 is 2.24 bits per heavy atom. The number of nitrogens with one attached hydrogen (secondary N) is 1. The van der Waals surface area contributed by atoms with Gasteiger partial charge in [-0.15, -0.1) is 0 Å². The summed E-state index contributed by atoms with van der Waals surface area (Å²) < 4.78 is 53.1. The number of ether oxygens (including phenoxy) is 2. The fraction of sp³-hybridized carbons (Fsp3) is 0.444. The van der Waals surface area contributed by atoms with Crippen LogP contribution >= 0.6 is 0 Å². The van der Waals surface area contributed by atoms with Gasteiger partial charge in [0.15, 0.2) is 5.41 Å². The second-order valence-electron chi connectivity index (χ2n) is 9.48. The number of hydrogen-bond acceptors (Lipinski definition) is 5. The Balaban J connectivity index is 1.67. The maximum atomic E-state index is 14.4. The number of methoxy groups -OCH3 is 2. The molecule has 2 amide bonds. The molecule has 0 bridgehead atoms. The Labute approximate surface area is 212 Å². The topological polar surface area (TPSA) is 84.9 Å². The zero-order chi connectivity index (χ0) is 26.8. The summed E-state index contributed by atoms with van der Waals surface area (Å²) in [5.41, 5.74) is -4.37. The van der Waals surface area contributed by atoms with Crippen LogP contribution in [0.1, 0.15) is 30.4 Å². The molecule has 2 aliphatic heterocycles. The van der Waals surface area contributed by atoms with E-state index in [2.05, 4.69) is 5.32 Å². The molecular formula is C27H29F3N2O5. The Bertz CT molecular complexity index is 1140. The molecule has 4 atom stereocenters. The van der Waals surface area contributed by atoms with E-state index in [4.69, 9.17) is 9.47 Å². The minimum atomic E-state index is -5.06. The largest absolute Gasteiger partial charge is 0.468 e. The highest BCUT2D eigenvalue weighted by molar-refractivity contribution is 6.05. The van der Waals surface area contributed by atoms with Crippen LogP contribution in [-0.2, 0) is 35.9 Å². The SMILES string of the molecule is COC(=O)[C@]1(Cc2ccccc2)C[C@@H]2[C@@H](NC(=O)[C@](OC)(c3ccccc3)C(F)(F)F)CCCN2C1=O. The van der Waals surface area contributed by atoms with Crippen LogP contribution in [0.4, 0.5) is 13.2 Å². The van der Waals surface area contributed by atoms with Crippen LogP contribution in [-0.4, -0.2) is 61.7 Å². The quantitative estimate of drug-likeness (QED) is 0.449. The van der Waals surface area contributed by atoms with Crippen molar-refractivity contribution in [3.63, 3.8) is 0 Å². The highest BCUT2D eigenvalue weighted by atomic mass is 19.4. The molecule has 0 radical (unpaired) electrons. The zero-order valence-electron chi connectivity index (χ0n) is 20.6. The first-order valence-electron chi connectivity index (χ1n) is 12.0. The van der Waals surface area contributed by atoms with Crippen molar-refractivity contribution in [3.8, 4) is 0 Å². The van der Waals surface area contributed by atoms with Gasteiger partial charge in [0.1, 0.15) is 0 Å². The maximum Gasteiger partial charge on any atom is 0.430 e. The van der Waals surface area contributed by atoms with Gasteiger partial charge in [-0.3, -0.25) is 14.4 Å². The van der Waals surface area contributed by atoms with Gasteiger partial charge in [0.25, 0.3) is 11.5 Å². The molecule has 198 valence electrons. The lowest BCUT2D eigenvalue weighted by Crippen LogP contribution is -2.61. The van der Waals surface area contributed by atoms with Crippen LogP contribution in [0.3, 0.4) is 0 Å². The number of alkyl halides is 3. The third-order valence-electron chi connectivity index (χ3n) is 7.45. The molecule has 0 spiro atoms. The van der Waals surface area contributed by atoms with Gasteiger partial charge in [0.05, 0.1) is 13.2 Å². The molecule has 2 aromatic carbocycles. The molecule has 2 aromatic rings. The number of halogens is 3.